The molecule has 134 valence electrons. The first-order valence-electron chi connectivity index (χ1n) is 7.74. The molecule has 0 fully saturated rings. The summed E-state index contributed by atoms with van der Waals surface area (Å²) in [5, 5.41) is 8.96. The van der Waals surface area contributed by atoms with Crippen LogP contribution >= 0.6 is 0 Å². The van der Waals surface area contributed by atoms with Crippen LogP contribution in [0.15, 0.2) is 23.3 Å². The molecule has 0 atom stereocenters. The zero-order chi connectivity index (χ0) is 18.0. The summed E-state index contributed by atoms with van der Waals surface area (Å²) in [5.74, 6) is 1.20. The number of aromatic nitrogens is 1. The van der Waals surface area contributed by atoms with Gasteiger partial charge in [-0.15, -0.1) is 0 Å². The van der Waals surface area contributed by atoms with E-state index >= 15 is 0 Å². The molecule has 24 heavy (non-hydrogen) atoms. The van der Waals surface area contributed by atoms with Gasteiger partial charge in [-0.1, -0.05) is 0 Å². The summed E-state index contributed by atoms with van der Waals surface area (Å²) >= 11 is 0. The molecule has 0 spiro atoms. The highest BCUT2D eigenvalue weighted by Crippen LogP contribution is 2.08. The SMILES string of the molecule is CN=C(NCCNC(=O)OC(C)(C)C)NCc1ccnc(OC)c1. The van der Waals surface area contributed by atoms with Crippen LogP contribution in [0.5, 0.6) is 5.88 Å². The summed E-state index contributed by atoms with van der Waals surface area (Å²) in [6.45, 7) is 7.01. The second-order valence-corrected chi connectivity index (χ2v) is 5.99. The third kappa shape index (κ3) is 8.21. The van der Waals surface area contributed by atoms with Crippen LogP contribution in [-0.2, 0) is 11.3 Å². The monoisotopic (exact) mass is 337 g/mol. The molecular weight excluding hydrogens is 310 g/mol. The lowest BCUT2D eigenvalue weighted by molar-refractivity contribution is 0.0529. The highest BCUT2D eigenvalue weighted by molar-refractivity contribution is 5.79. The summed E-state index contributed by atoms with van der Waals surface area (Å²) in [7, 11) is 3.27. The molecule has 0 saturated heterocycles. The summed E-state index contributed by atoms with van der Waals surface area (Å²) in [5.41, 5.74) is 0.525. The molecule has 8 nitrogen and oxygen atoms in total. The number of rotatable bonds is 6. The number of nitrogens with zero attached hydrogens (tertiary/aromatic N) is 2. The number of guanidine groups is 1. The Hall–Kier alpha value is -2.51. The van der Waals surface area contributed by atoms with Crippen LogP contribution in [0.1, 0.15) is 26.3 Å². The molecule has 0 saturated carbocycles. The molecule has 3 N–H and O–H groups in total. The van der Waals surface area contributed by atoms with Crippen molar-refractivity contribution in [1.82, 2.24) is 20.9 Å². The third-order valence-corrected chi connectivity index (χ3v) is 2.78. The Bertz CT molecular complexity index is 555. The van der Waals surface area contributed by atoms with Gasteiger partial charge >= 0.3 is 6.09 Å². The van der Waals surface area contributed by atoms with Gasteiger partial charge < -0.3 is 25.4 Å². The first-order valence-corrected chi connectivity index (χ1v) is 7.74. The fourth-order valence-electron chi connectivity index (χ4n) is 1.74. The number of methoxy groups -OCH3 is 1. The van der Waals surface area contributed by atoms with Gasteiger partial charge in [0.1, 0.15) is 5.60 Å². The van der Waals surface area contributed by atoms with E-state index in [1.165, 1.54) is 0 Å². The zero-order valence-electron chi connectivity index (χ0n) is 15.0. The number of nitrogens with one attached hydrogen (secondary N) is 3. The normalized spacial score (nSPS) is 11.6. The van der Waals surface area contributed by atoms with Crippen LogP contribution in [0.4, 0.5) is 4.79 Å². The average molecular weight is 337 g/mol. The number of aliphatic imine (C=N–C) groups is 1. The Kier molecular flexibility index (Phi) is 7.81. The minimum atomic E-state index is -0.499. The van der Waals surface area contributed by atoms with Gasteiger partial charge in [-0.25, -0.2) is 9.78 Å². The molecule has 1 amide bonds. The van der Waals surface area contributed by atoms with E-state index in [0.717, 1.165) is 5.56 Å². The number of alkyl carbamates (subject to hydrolysis) is 1. The van der Waals surface area contributed by atoms with Gasteiger partial charge in [0.25, 0.3) is 0 Å². The molecule has 0 unspecified atom stereocenters. The number of carbonyl (C=O) groups is 1. The molecule has 0 aliphatic rings. The van der Waals surface area contributed by atoms with Crippen LogP contribution in [-0.4, -0.2) is 49.9 Å². The number of amides is 1. The van der Waals surface area contributed by atoms with Crippen molar-refractivity contribution in [3.63, 3.8) is 0 Å². The molecule has 1 aromatic rings. The molecule has 1 heterocycles. The maximum Gasteiger partial charge on any atom is 0.407 e. The Morgan fingerprint density at radius 3 is 2.58 bits per heavy atom. The van der Waals surface area contributed by atoms with Gasteiger partial charge in [0.2, 0.25) is 5.88 Å². The minimum Gasteiger partial charge on any atom is -0.481 e. The van der Waals surface area contributed by atoms with E-state index in [-0.39, 0.29) is 0 Å². The fourth-order valence-corrected chi connectivity index (χ4v) is 1.74. The van der Waals surface area contributed by atoms with E-state index in [1.807, 2.05) is 32.9 Å². The van der Waals surface area contributed by atoms with E-state index in [1.54, 1.807) is 20.4 Å². The Labute approximate surface area is 143 Å². The summed E-state index contributed by atoms with van der Waals surface area (Å²) in [6.07, 6.45) is 1.26. The van der Waals surface area contributed by atoms with Crippen LogP contribution < -0.4 is 20.7 Å². The third-order valence-electron chi connectivity index (χ3n) is 2.78. The highest BCUT2D eigenvalue weighted by atomic mass is 16.6. The average Bonchev–Trinajstić information content (AvgIpc) is 2.52. The topological polar surface area (TPSA) is 96.9 Å². The summed E-state index contributed by atoms with van der Waals surface area (Å²) in [6, 6.07) is 3.75. The van der Waals surface area contributed by atoms with E-state index in [9.17, 15) is 4.79 Å². The maximum absolute atomic E-state index is 11.5. The number of hydrogen-bond donors (Lipinski definition) is 3. The summed E-state index contributed by atoms with van der Waals surface area (Å²) < 4.78 is 10.2. The number of hydrogen-bond acceptors (Lipinski definition) is 5. The van der Waals surface area contributed by atoms with E-state index in [2.05, 4.69) is 25.9 Å². The van der Waals surface area contributed by atoms with Gasteiger partial charge in [0, 0.05) is 38.9 Å². The lowest BCUT2D eigenvalue weighted by atomic mass is 10.2. The smallest absolute Gasteiger partial charge is 0.407 e. The minimum absolute atomic E-state index is 0.429. The lowest BCUT2D eigenvalue weighted by Crippen LogP contribution is -2.42. The fraction of sp³-hybridized carbons (Fsp3) is 0.562. The molecule has 1 aromatic heterocycles. The van der Waals surface area contributed by atoms with E-state index < -0.39 is 11.7 Å². The van der Waals surface area contributed by atoms with E-state index in [0.29, 0.717) is 31.5 Å². The van der Waals surface area contributed by atoms with Crippen molar-refractivity contribution in [3.8, 4) is 5.88 Å². The van der Waals surface area contributed by atoms with Crippen molar-refractivity contribution < 1.29 is 14.3 Å². The Morgan fingerprint density at radius 2 is 1.96 bits per heavy atom. The maximum atomic E-state index is 11.5. The highest BCUT2D eigenvalue weighted by Gasteiger charge is 2.15. The Balaban J connectivity index is 2.29. The quantitative estimate of drug-likeness (QED) is 0.411. The predicted octanol–water partition coefficient (Wildman–Crippen LogP) is 1.28. The van der Waals surface area contributed by atoms with Gasteiger partial charge in [-0.3, -0.25) is 4.99 Å². The van der Waals surface area contributed by atoms with Crippen molar-refractivity contribution in [1.29, 1.82) is 0 Å². The largest absolute Gasteiger partial charge is 0.481 e. The molecule has 0 aromatic carbocycles. The van der Waals surface area contributed by atoms with Crippen LogP contribution in [0.25, 0.3) is 0 Å². The van der Waals surface area contributed by atoms with Gasteiger partial charge in [0.15, 0.2) is 5.96 Å². The van der Waals surface area contributed by atoms with Crippen molar-refractivity contribution in [2.75, 3.05) is 27.2 Å². The molecule has 0 aliphatic heterocycles. The van der Waals surface area contributed by atoms with Gasteiger partial charge in [0.05, 0.1) is 7.11 Å². The van der Waals surface area contributed by atoms with Gasteiger partial charge in [-0.2, -0.15) is 0 Å². The van der Waals surface area contributed by atoms with Crippen molar-refractivity contribution in [3.05, 3.63) is 23.9 Å². The summed E-state index contributed by atoms with van der Waals surface area (Å²) in [4.78, 5) is 19.7. The standard InChI is InChI=1S/C16H27N5O3/c1-16(2,3)24-15(22)20-9-8-19-14(17-4)21-11-12-6-7-18-13(10-12)23-5/h6-7,10H,8-9,11H2,1-5H3,(H,20,22)(H2,17,19,21). The molecule has 8 heteroatoms. The molecular formula is C16H27N5O3. The first-order chi connectivity index (χ1) is 11.3. The second kappa shape index (κ2) is 9.59. The molecule has 0 radical (unpaired) electrons. The molecule has 0 bridgehead atoms. The second-order valence-electron chi connectivity index (χ2n) is 5.99. The predicted molar refractivity (Wildman–Crippen MR) is 93.2 cm³/mol. The van der Waals surface area contributed by atoms with Crippen molar-refractivity contribution in [2.45, 2.75) is 32.9 Å². The van der Waals surface area contributed by atoms with Crippen molar-refractivity contribution >= 4 is 12.1 Å². The van der Waals surface area contributed by atoms with Crippen LogP contribution in [0, 0.1) is 0 Å². The number of ether oxygens (including phenoxy) is 2. The van der Waals surface area contributed by atoms with E-state index in [4.69, 9.17) is 9.47 Å². The molecule has 1 rings (SSSR count). The van der Waals surface area contributed by atoms with Crippen LogP contribution in [0.2, 0.25) is 0 Å². The van der Waals surface area contributed by atoms with Crippen LogP contribution in [0.3, 0.4) is 0 Å². The van der Waals surface area contributed by atoms with Gasteiger partial charge in [-0.05, 0) is 32.4 Å². The molecule has 0 aliphatic carbocycles. The number of carbonyl (C=O) groups excluding carboxylic acids is 1. The lowest BCUT2D eigenvalue weighted by Gasteiger charge is -2.20. The first kappa shape index (κ1) is 19.5. The zero-order valence-corrected chi connectivity index (χ0v) is 15.0. The van der Waals surface area contributed by atoms with Crippen molar-refractivity contribution in [2.24, 2.45) is 4.99 Å². The number of pyridine rings is 1. The Morgan fingerprint density at radius 1 is 1.25 bits per heavy atom.